The smallest absolute Gasteiger partial charge is 0.0642 e. The van der Waals surface area contributed by atoms with Crippen molar-refractivity contribution in [2.75, 3.05) is 26.3 Å². The number of hydrogen-bond acceptors (Lipinski definition) is 3. The molecule has 0 unspecified atom stereocenters. The van der Waals surface area contributed by atoms with Crippen LogP contribution in [0.2, 0.25) is 5.02 Å². The Bertz CT molecular complexity index is 375. The molecule has 1 aliphatic heterocycles. The summed E-state index contributed by atoms with van der Waals surface area (Å²) in [5, 5.41) is 0.716. The van der Waals surface area contributed by atoms with Crippen LogP contribution in [0.5, 0.6) is 0 Å². The van der Waals surface area contributed by atoms with Crippen LogP contribution in [0.15, 0.2) is 18.7 Å². The van der Waals surface area contributed by atoms with Gasteiger partial charge in [0.25, 0.3) is 0 Å². The second kappa shape index (κ2) is 5.43. The third-order valence-corrected chi connectivity index (χ3v) is 2.78. The molecule has 0 N–H and O–H groups in total. The monoisotopic (exact) mass is 238 g/mol. The molecule has 2 heterocycles. The minimum Gasteiger partial charge on any atom is -0.379 e. The average molecular weight is 239 g/mol. The third kappa shape index (κ3) is 3.04. The Hall–Kier alpha value is -0.900. The van der Waals surface area contributed by atoms with E-state index in [9.17, 15) is 0 Å². The number of halogens is 1. The number of hydrogen-bond donors (Lipinski definition) is 0. The Morgan fingerprint density at radius 2 is 2.19 bits per heavy atom. The van der Waals surface area contributed by atoms with Gasteiger partial charge in [-0.05, 0) is 18.2 Å². The van der Waals surface area contributed by atoms with Crippen LogP contribution in [0.1, 0.15) is 11.4 Å². The SMILES string of the molecule is C=Cc1cc(Cl)cc(CN2CCOCC2)n1. The lowest BCUT2D eigenvalue weighted by Crippen LogP contribution is -2.35. The Morgan fingerprint density at radius 1 is 1.44 bits per heavy atom. The molecule has 1 aromatic heterocycles. The van der Waals surface area contributed by atoms with Gasteiger partial charge in [-0.1, -0.05) is 18.2 Å². The predicted octanol–water partition coefficient (Wildman–Crippen LogP) is 2.21. The fourth-order valence-corrected chi connectivity index (χ4v) is 1.98. The van der Waals surface area contributed by atoms with E-state index in [-0.39, 0.29) is 0 Å². The first-order chi connectivity index (χ1) is 7.78. The minimum absolute atomic E-state index is 0.716. The van der Waals surface area contributed by atoms with Crippen LogP contribution >= 0.6 is 11.6 Å². The zero-order valence-corrected chi connectivity index (χ0v) is 9.91. The van der Waals surface area contributed by atoms with Crippen molar-refractivity contribution in [2.45, 2.75) is 6.54 Å². The van der Waals surface area contributed by atoms with Crippen molar-refractivity contribution in [1.82, 2.24) is 9.88 Å². The molecule has 1 aliphatic rings. The summed E-state index contributed by atoms with van der Waals surface area (Å²) >= 11 is 6.02. The van der Waals surface area contributed by atoms with Gasteiger partial charge in [0.2, 0.25) is 0 Å². The summed E-state index contributed by atoms with van der Waals surface area (Å²) in [5.41, 5.74) is 1.82. The highest BCUT2D eigenvalue weighted by Crippen LogP contribution is 2.14. The van der Waals surface area contributed by atoms with Crippen molar-refractivity contribution >= 4 is 17.7 Å². The van der Waals surface area contributed by atoms with Crippen LogP contribution in [0.25, 0.3) is 6.08 Å². The van der Waals surface area contributed by atoms with Crippen LogP contribution < -0.4 is 0 Å². The Balaban J connectivity index is 2.07. The molecular formula is C12H15ClN2O. The number of ether oxygens (including phenoxy) is 1. The first kappa shape index (κ1) is 11.6. The van der Waals surface area contributed by atoms with Crippen molar-refractivity contribution in [1.29, 1.82) is 0 Å². The van der Waals surface area contributed by atoms with Crippen molar-refractivity contribution in [3.05, 3.63) is 35.1 Å². The topological polar surface area (TPSA) is 25.4 Å². The van der Waals surface area contributed by atoms with Gasteiger partial charge < -0.3 is 4.74 Å². The zero-order chi connectivity index (χ0) is 11.4. The van der Waals surface area contributed by atoms with Gasteiger partial charge in [0.1, 0.15) is 0 Å². The van der Waals surface area contributed by atoms with E-state index in [1.807, 2.05) is 12.1 Å². The number of nitrogens with zero attached hydrogens (tertiary/aromatic N) is 2. The van der Waals surface area contributed by atoms with Crippen molar-refractivity contribution in [3.63, 3.8) is 0 Å². The zero-order valence-electron chi connectivity index (χ0n) is 9.16. The molecule has 0 aromatic carbocycles. The molecule has 0 amide bonds. The van der Waals surface area contributed by atoms with Crippen LogP contribution in [0.4, 0.5) is 0 Å². The normalized spacial score (nSPS) is 17.3. The van der Waals surface area contributed by atoms with Crippen LogP contribution in [-0.2, 0) is 11.3 Å². The number of aromatic nitrogens is 1. The van der Waals surface area contributed by atoms with Gasteiger partial charge in [0.05, 0.1) is 24.6 Å². The molecule has 2 rings (SSSR count). The summed E-state index contributed by atoms with van der Waals surface area (Å²) in [6.45, 7) is 8.04. The van der Waals surface area contributed by atoms with Crippen molar-refractivity contribution in [3.8, 4) is 0 Å². The van der Waals surface area contributed by atoms with Gasteiger partial charge in [-0.2, -0.15) is 0 Å². The summed E-state index contributed by atoms with van der Waals surface area (Å²) in [5.74, 6) is 0. The van der Waals surface area contributed by atoms with Crippen LogP contribution in [0.3, 0.4) is 0 Å². The number of rotatable bonds is 3. The van der Waals surface area contributed by atoms with Gasteiger partial charge in [-0.15, -0.1) is 0 Å². The average Bonchev–Trinajstić information content (AvgIpc) is 2.29. The maximum Gasteiger partial charge on any atom is 0.0642 e. The first-order valence-electron chi connectivity index (χ1n) is 5.37. The van der Waals surface area contributed by atoms with E-state index >= 15 is 0 Å². The number of pyridine rings is 1. The van der Waals surface area contributed by atoms with E-state index in [1.165, 1.54) is 0 Å². The van der Waals surface area contributed by atoms with Crippen LogP contribution in [0, 0.1) is 0 Å². The highest BCUT2D eigenvalue weighted by molar-refractivity contribution is 6.30. The molecule has 1 aromatic rings. The molecule has 86 valence electrons. The highest BCUT2D eigenvalue weighted by Gasteiger charge is 2.11. The third-order valence-electron chi connectivity index (χ3n) is 2.56. The minimum atomic E-state index is 0.716. The summed E-state index contributed by atoms with van der Waals surface area (Å²) in [4.78, 5) is 6.78. The first-order valence-corrected chi connectivity index (χ1v) is 5.75. The predicted molar refractivity (Wildman–Crippen MR) is 65.4 cm³/mol. The molecule has 0 radical (unpaired) electrons. The molecule has 0 bridgehead atoms. The van der Waals surface area contributed by atoms with Gasteiger partial charge >= 0.3 is 0 Å². The number of morpholine rings is 1. The molecule has 0 atom stereocenters. The van der Waals surface area contributed by atoms with Crippen molar-refractivity contribution in [2.24, 2.45) is 0 Å². The second-order valence-corrected chi connectivity index (χ2v) is 4.23. The summed E-state index contributed by atoms with van der Waals surface area (Å²) in [6.07, 6.45) is 1.72. The summed E-state index contributed by atoms with van der Waals surface area (Å²) < 4.78 is 5.30. The molecule has 16 heavy (non-hydrogen) atoms. The molecule has 4 heteroatoms. The van der Waals surface area contributed by atoms with E-state index in [1.54, 1.807) is 6.08 Å². The van der Waals surface area contributed by atoms with Gasteiger partial charge in [-0.3, -0.25) is 9.88 Å². The largest absolute Gasteiger partial charge is 0.379 e. The van der Waals surface area contributed by atoms with Crippen molar-refractivity contribution < 1.29 is 4.74 Å². The molecule has 1 fully saturated rings. The fourth-order valence-electron chi connectivity index (χ4n) is 1.75. The van der Waals surface area contributed by atoms with E-state index in [2.05, 4.69) is 16.5 Å². The van der Waals surface area contributed by atoms with E-state index in [0.717, 1.165) is 44.2 Å². The van der Waals surface area contributed by atoms with Gasteiger partial charge in [-0.25, -0.2) is 0 Å². The fraction of sp³-hybridized carbons (Fsp3) is 0.417. The van der Waals surface area contributed by atoms with Crippen LogP contribution in [-0.4, -0.2) is 36.2 Å². The molecule has 0 aliphatic carbocycles. The maximum atomic E-state index is 6.02. The molecule has 3 nitrogen and oxygen atoms in total. The van der Waals surface area contributed by atoms with Gasteiger partial charge in [0, 0.05) is 24.7 Å². The van der Waals surface area contributed by atoms with E-state index in [0.29, 0.717) is 5.02 Å². The molecule has 0 spiro atoms. The highest BCUT2D eigenvalue weighted by atomic mass is 35.5. The van der Waals surface area contributed by atoms with E-state index in [4.69, 9.17) is 16.3 Å². The second-order valence-electron chi connectivity index (χ2n) is 3.79. The Morgan fingerprint density at radius 3 is 2.88 bits per heavy atom. The Kier molecular flexibility index (Phi) is 3.93. The molecule has 1 saturated heterocycles. The standard InChI is InChI=1S/C12H15ClN2O/c1-2-11-7-10(13)8-12(14-11)9-15-3-5-16-6-4-15/h2,7-8H,1,3-6,9H2. The maximum absolute atomic E-state index is 6.02. The van der Waals surface area contributed by atoms with E-state index < -0.39 is 0 Å². The molecule has 0 saturated carbocycles. The summed E-state index contributed by atoms with van der Waals surface area (Å²) in [6, 6.07) is 3.72. The lowest BCUT2D eigenvalue weighted by atomic mass is 10.2. The lowest BCUT2D eigenvalue weighted by molar-refractivity contribution is 0.0336. The van der Waals surface area contributed by atoms with Gasteiger partial charge in [0.15, 0.2) is 0 Å². The Labute approximate surface area is 101 Å². The lowest BCUT2D eigenvalue weighted by Gasteiger charge is -2.26. The quantitative estimate of drug-likeness (QED) is 0.808. The molecular weight excluding hydrogens is 224 g/mol. The summed E-state index contributed by atoms with van der Waals surface area (Å²) in [7, 11) is 0.